The molecule has 1 unspecified atom stereocenters. The lowest BCUT2D eigenvalue weighted by Crippen LogP contribution is -2.36. The number of tetrazole rings is 1. The number of hydrogen-bond acceptors (Lipinski definition) is 6. The summed E-state index contributed by atoms with van der Waals surface area (Å²) in [5.74, 6) is -1.08. The highest BCUT2D eigenvalue weighted by atomic mass is 32.2. The van der Waals surface area contributed by atoms with Gasteiger partial charge in [0.05, 0.1) is 0 Å². The molecular weight excluding hydrogens is 294 g/mol. The largest absolute Gasteiger partial charge is 0.353 e. The molecule has 1 atom stereocenters. The fourth-order valence-electron chi connectivity index (χ4n) is 1.67. The quantitative estimate of drug-likeness (QED) is 0.702. The van der Waals surface area contributed by atoms with Crippen molar-refractivity contribution in [1.29, 1.82) is 0 Å². The van der Waals surface area contributed by atoms with Gasteiger partial charge in [0.25, 0.3) is 0 Å². The third-order valence-electron chi connectivity index (χ3n) is 3.05. The summed E-state index contributed by atoms with van der Waals surface area (Å²) in [6.45, 7) is 6.35. The molecule has 9 heteroatoms. The van der Waals surface area contributed by atoms with Crippen LogP contribution in [0.4, 0.5) is 0 Å². The minimum Gasteiger partial charge on any atom is -0.353 e. The molecule has 1 aromatic rings. The normalized spacial score (nSPS) is 13.1. The minimum atomic E-state index is -3.58. The number of nitrogens with one attached hydrogen (secondary N) is 1. The first-order valence-corrected chi connectivity index (χ1v) is 8.95. The summed E-state index contributed by atoms with van der Waals surface area (Å²) in [6, 6.07) is -0.0393. The molecule has 0 aromatic carbocycles. The number of unbranched alkanes of at least 4 members (excludes halogenated alkanes) is 1. The van der Waals surface area contributed by atoms with E-state index in [0.29, 0.717) is 6.54 Å². The van der Waals surface area contributed by atoms with Crippen LogP contribution in [0.3, 0.4) is 0 Å². The molecule has 0 aliphatic carbocycles. The smallest absolute Gasteiger partial charge is 0.235 e. The van der Waals surface area contributed by atoms with Crippen LogP contribution >= 0.6 is 0 Å². The first-order valence-electron chi connectivity index (χ1n) is 7.12. The second kappa shape index (κ2) is 8.06. The number of carbonyl (C=O) groups excluding carboxylic acids is 1. The zero-order chi connectivity index (χ0) is 15.9. The number of aryl methyl sites for hydroxylation is 1. The Hall–Kier alpha value is -1.51. The maximum Gasteiger partial charge on any atom is 0.235 e. The van der Waals surface area contributed by atoms with Gasteiger partial charge in [0, 0.05) is 12.6 Å². The number of aromatic nitrogens is 4. The molecule has 21 heavy (non-hydrogen) atoms. The van der Waals surface area contributed by atoms with Gasteiger partial charge in [0.15, 0.2) is 15.7 Å². The average molecular weight is 317 g/mol. The molecule has 1 rings (SSSR count). The number of amides is 1. The fourth-order valence-corrected chi connectivity index (χ4v) is 2.86. The molecule has 0 fully saturated rings. The Morgan fingerprint density at radius 1 is 1.38 bits per heavy atom. The van der Waals surface area contributed by atoms with E-state index < -0.39 is 21.5 Å². The third kappa shape index (κ3) is 6.19. The van der Waals surface area contributed by atoms with Crippen molar-refractivity contribution in [2.24, 2.45) is 0 Å². The molecule has 0 bridgehead atoms. The van der Waals surface area contributed by atoms with Crippen molar-refractivity contribution in [3.8, 4) is 0 Å². The monoisotopic (exact) mass is 317 g/mol. The van der Waals surface area contributed by atoms with Gasteiger partial charge in [-0.1, -0.05) is 20.3 Å². The topological polar surface area (TPSA) is 107 Å². The molecule has 0 saturated heterocycles. The van der Waals surface area contributed by atoms with E-state index in [1.54, 1.807) is 0 Å². The van der Waals surface area contributed by atoms with Crippen LogP contribution in [0.1, 0.15) is 45.9 Å². The van der Waals surface area contributed by atoms with E-state index in [1.165, 1.54) is 4.68 Å². The van der Waals surface area contributed by atoms with E-state index in [1.807, 2.05) is 20.8 Å². The number of nitrogens with zero attached hydrogens (tertiary/aromatic N) is 4. The summed E-state index contributed by atoms with van der Waals surface area (Å²) in [7, 11) is -3.58. The van der Waals surface area contributed by atoms with Gasteiger partial charge in [-0.05, 0) is 30.2 Å². The first kappa shape index (κ1) is 17.5. The Balaban J connectivity index is 2.64. The van der Waals surface area contributed by atoms with Crippen LogP contribution in [-0.4, -0.2) is 46.3 Å². The summed E-state index contributed by atoms with van der Waals surface area (Å²) in [4.78, 5) is 11.7. The van der Waals surface area contributed by atoms with Crippen LogP contribution in [-0.2, 0) is 26.9 Å². The van der Waals surface area contributed by atoms with Gasteiger partial charge in [-0.25, -0.2) is 13.1 Å². The number of carbonyl (C=O) groups is 1. The average Bonchev–Trinajstić information content (AvgIpc) is 2.81. The molecule has 0 saturated carbocycles. The van der Waals surface area contributed by atoms with Crippen LogP contribution < -0.4 is 5.32 Å². The maximum atomic E-state index is 12.0. The Morgan fingerprint density at radius 3 is 2.71 bits per heavy atom. The van der Waals surface area contributed by atoms with Crippen molar-refractivity contribution >= 4 is 15.7 Å². The van der Waals surface area contributed by atoms with Crippen molar-refractivity contribution in [2.45, 2.75) is 58.4 Å². The molecule has 1 heterocycles. The zero-order valence-electron chi connectivity index (χ0n) is 12.7. The van der Waals surface area contributed by atoms with Gasteiger partial charge >= 0.3 is 0 Å². The molecule has 0 spiro atoms. The predicted molar refractivity (Wildman–Crippen MR) is 78.1 cm³/mol. The summed E-state index contributed by atoms with van der Waals surface area (Å²) in [5, 5.41) is 13.6. The second-order valence-electron chi connectivity index (χ2n) is 5.08. The van der Waals surface area contributed by atoms with Crippen LogP contribution in [0.5, 0.6) is 0 Å². The molecule has 120 valence electrons. The van der Waals surface area contributed by atoms with Gasteiger partial charge in [-0.2, -0.15) is 0 Å². The molecule has 0 radical (unpaired) electrons. The van der Waals surface area contributed by atoms with Crippen LogP contribution in [0.25, 0.3) is 0 Å². The van der Waals surface area contributed by atoms with Crippen LogP contribution in [0, 0.1) is 0 Å². The zero-order valence-corrected chi connectivity index (χ0v) is 13.6. The van der Waals surface area contributed by atoms with Crippen molar-refractivity contribution in [3.05, 3.63) is 5.82 Å². The molecule has 0 aliphatic rings. The third-order valence-corrected chi connectivity index (χ3v) is 4.45. The van der Waals surface area contributed by atoms with E-state index in [9.17, 15) is 13.2 Å². The highest BCUT2D eigenvalue weighted by Crippen LogP contribution is 2.04. The van der Waals surface area contributed by atoms with Gasteiger partial charge in [0.1, 0.15) is 11.5 Å². The number of sulfone groups is 1. The minimum absolute atomic E-state index is 0.0393. The molecule has 8 nitrogen and oxygen atoms in total. The van der Waals surface area contributed by atoms with Crippen molar-refractivity contribution in [2.75, 3.05) is 5.75 Å². The Labute approximate surface area is 125 Å². The lowest BCUT2D eigenvalue weighted by molar-refractivity contribution is -0.119. The molecule has 0 aliphatic heterocycles. The first-order chi connectivity index (χ1) is 9.88. The summed E-state index contributed by atoms with van der Waals surface area (Å²) < 4.78 is 25.5. The number of hydrogen-bond donors (Lipinski definition) is 1. The lowest BCUT2D eigenvalue weighted by Gasteiger charge is -2.11. The SMILES string of the molecule is CCCCn1nnnc1CS(=O)(=O)CC(=O)NC(C)CC. The summed E-state index contributed by atoms with van der Waals surface area (Å²) >= 11 is 0. The fraction of sp³-hybridized carbons (Fsp3) is 0.833. The van der Waals surface area contributed by atoms with Gasteiger partial charge in [-0.3, -0.25) is 4.79 Å². The van der Waals surface area contributed by atoms with Crippen LogP contribution in [0.2, 0.25) is 0 Å². The van der Waals surface area contributed by atoms with Crippen LogP contribution in [0.15, 0.2) is 0 Å². The number of rotatable bonds is 9. The Bertz CT molecular complexity index is 555. The van der Waals surface area contributed by atoms with E-state index >= 15 is 0 Å². The van der Waals surface area contributed by atoms with Crippen molar-refractivity contribution in [1.82, 2.24) is 25.5 Å². The Morgan fingerprint density at radius 2 is 2.10 bits per heavy atom. The molecule has 1 amide bonds. The van der Waals surface area contributed by atoms with E-state index in [4.69, 9.17) is 0 Å². The standard InChI is InChI=1S/C12H23N5O3S/c1-4-6-7-17-11(14-15-16-17)8-21(19,20)9-12(18)13-10(3)5-2/h10H,4-9H2,1-3H3,(H,13,18). The van der Waals surface area contributed by atoms with Gasteiger partial charge in [-0.15, -0.1) is 5.10 Å². The molecular formula is C12H23N5O3S. The lowest BCUT2D eigenvalue weighted by atomic mass is 10.3. The molecule has 1 N–H and O–H groups in total. The van der Waals surface area contributed by atoms with Crippen molar-refractivity contribution < 1.29 is 13.2 Å². The van der Waals surface area contributed by atoms with E-state index in [0.717, 1.165) is 19.3 Å². The highest BCUT2D eigenvalue weighted by Gasteiger charge is 2.21. The second-order valence-corrected chi connectivity index (χ2v) is 7.15. The predicted octanol–water partition coefficient (Wildman–Crippen LogP) is 0.303. The van der Waals surface area contributed by atoms with Gasteiger partial charge < -0.3 is 5.32 Å². The van der Waals surface area contributed by atoms with Gasteiger partial charge in [0.2, 0.25) is 5.91 Å². The van der Waals surface area contributed by atoms with E-state index in [2.05, 4.69) is 20.8 Å². The Kier molecular flexibility index (Phi) is 6.73. The summed E-state index contributed by atoms with van der Waals surface area (Å²) in [6.07, 6.45) is 2.58. The van der Waals surface area contributed by atoms with Crippen molar-refractivity contribution in [3.63, 3.8) is 0 Å². The summed E-state index contributed by atoms with van der Waals surface area (Å²) in [5.41, 5.74) is 0. The maximum absolute atomic E-state index is 12.0. The van der Waals surface area contributed by atoms with E-state index in [-0.39, 0.29) is 17.6 Å². The molecule has 1 aromatic heterocycles. The highest BCUT2D eigenvalue weighted by molar-refractivity contribution is 7.91.